The maximum atomic E-state index is 12.1. The van der Waals surface area contributed by atoms with E-state index in [1.807, 2.05) is 0 Å². The Bertz CT molecular complexity index is 501. The fourth-order valence-electron chi connectivity index (χ4n) is 1.59. The van der Waals surface area contributed by atoms with Crippen LogP contribution in [0.5, 0.6) is 0 Å². The van der Waals surface area contributed by atoms with Crippen molar-refractivity contribution in [2.75, 3.05) is 13.1 Å². The topological polar surface area (TPSA) is 72.0 Å². The molecule has 96 valence electrons. The molecule has 2 heterocycles. The molecule has 0 bridgehead atoms. The van der Waals surface area contributed by atoms with Crippen molar-refractivity contribution in [2.45, 2.75) is 23.8 Å². The Balaban J connectivity index is 0.00000144. The Morgan fingerprint density at radius 2 is 2.24 bits per heavy atom. The number of hydrogen-bond donors (Lipinski definition) is 1. The van der Waals surface area contributed by atoms with Crippen molar-refractivity contribution in [1.82, 2.24) is 15.3 Å². The standard InChI is InChI=1S/C9H12ClN3O2S.ClH/c1-6-4-12-9(13-8(6)10)16(14,15)7-2-3-11-5-7;/h4,7,11H,2-3,5H2,1H3;1H. The number of aryl methyl sites for hydroxylation is 1. The van der Waals surface area contributed by atoms with Gasteiger partial charge in [0.25, 0.3) is 0 Å². The van der Waals surface area contributed by atoms with E-state index in [0.717, 1.165) is 0 Å². The van der Waals surface area contributed by atoms with Crippen LogP contribution in [-0.4, -0.2) is 36.7 Å². The molecule has 1 aliphatic rings. The van der Waals surface area contributed by atoms with Gasteiger partial charge in [-0.15, -0.1) is 12.4 Å². The van der Waals surface area contributed by atoms with E-state index in [2.05, 4.69) is 15.3 Å². The van der Waals surface area contributed by atoms with Gasteiger partial charge in [-0.25, -0.2) is 18.4 Å². The molecule has 8 heteroatoms. The third kappa shape index (κ3) is 2.88. The summed E-state index contributed by atoms with van der Waals surface area (Å²) >= 11 is 5.80. The molecule has 0 aliphatic carbocycles. The molecule has 0 aromatic carbocycles. The molecule has 1 saturated heterocycles. The third-order valence-corrected chi connectivity index (χ3v) is 4.96. The number of aromatic nitrogens is 2. The summed E-state index contributed by atoms with van der Waals surface area (Å²) in [6.07, 6.45) is 2.03. The molecule has 1 aromatic heterocycles. The van der Waals surface area contributed by atoms with E-state index in [1.165, 1.54) is 6.20 Å². The van der Waals surface area contributed by atoms with Crippen molar-refractivity contribution in [3.8, 4) is 0 Å². The normalized spacial score (nSPS) is 20.0. The molecule has 1 aromatic rings. The van der Waals surface area contributed by atoms with Gasteiger partial charge in [0.05, 0.1) is 5.25 Å². The van der Waals surface area contributed by atoms with E-state index in [-0.39, 0.29) is 22.7 Å². The van der Waals surface area contributed by atoms with E-state index in [0.29, 0.717) is 25.1 Å². The van der Waals surface area contributed by atoms with Crippen molar-refractivity contribution >= 4 is 33.8 Å². The number of nitrogens with zero attached hydrogens (tertiary/aromatic N) is 2. The molecule has 1 N–H and O–H groups in total. The van der Waals surface area contributed by atoms with E-state index in [4.69, 9.17) is 11.6 Å². The van der Waals surface area contributed by atoms with E-state index < -0.39 is 15.1 Å². The zero-order chi connectivity index (χ0) is 11.8. The average Bonchev–Trinajstić information content (AvgIpc) is 2.75. The number of sulfone groups is 1. The fraction of sp³-hybridized carbons (Fsp3) is 0.556. The van der Waals surface area contributed by atoms with Crippen LogP contribution >= 0.6 is 24.0 Å². The van der Waals surface area contributed by atoms with Crippen molar-refractivity contribution in [2.24, 2.45) is 0 Å². The largest absolute Gasteiger partial charge is 0.315 e. The number of hydrogen-bond acceptors (Lipinski definition) is 5. The van der Waals surface area contributed by atoms with Gasteiger partial charge in [-0.2, -0.15) is 0 Å². The minimum atomic E-state index is -3.45. The molecule has 0 amide bonds. The minimum Gasteiger partial charge on any atom is -0.315 e. The van der Waals surface area contributed by atoms with Crippen molar-refractivity contribution in [3.05, 3.63) is 16.9 Å². The fourth-order valence-corrected chi connectivity index (χ4v) is 3.25. The number of rotatable bonds is 2. The summed E-state index contributed by atoms with van der Waals surface area (Å²) in [7, 11) is -3.45. The second kappa shape index (κ2) is 5.48. The summed E-state index contributed by atoms with van der Waals surface area (Å²) in [4.78, 5) is 7.67. The number of halogens is 2. The molecule has 1 fully saturated rings. The van der Waals surface area contributed by atoms with Crippen LogP contribution < -0.4 is 5.32 Å². The molecular weight excluding hydrogens is 285 g/mol. The first-order valence-corrected chi connectivity index (χ1v) is 6.88. The van der Waals surface area contributed by atoms with Crippen LogP contribution in [-0.2, 0) is 9.84 Å². The van der Waals surface area contributed by atoms with Gasteiger partial charge in [0.15, 0.2) is 0 Å². The van der Waals surface area contributed by atoms with Crippen molar-refractivity contribution in [3.63, 3.8) is 0 Å². The summed E-state index contributed by atoms with van der Waals surface area (Å²) in [6.45, 7) is 2.90. The first-order valence-electron chi connectivity index (χ1n) is 4.95. The molecule has 1 unspecified atom stereocenters. The average molecular weight is 298 g/mol. The molecule has 0 radical (unpaired) electrons. The predicted octanol–water partition coefficient (Wildman–Crippen LogP) is 0.996. The van der Waals surface area contributed by atoms with Gasteiger partial charge in [-0.1, -0.05) is 11.6 Å². The van der Waals surface area contributed by atoms with Gasteiger partial charge in [0.2, 0.25) is 15.0 Å². The summed E-state index contributed by atoms with van der Waals surface area (Å²) in [5, 5.41) is 2.59. The van der Waals surface area contributed by atoms with Gasteiger partial charge in [-0.05, 0) is 19.9 Å². The van der Waals surface area contributed by atoms with Gasteiger partial charge in [-0.3, -0.25) is 0 Å². The highest BCUT2D eigenvalue weighted by Crippen LogP contribution is 2.19. The van der Waals surface area contributed by atoms with Gasteiger partial charge >= 0.3 is 0 Å². The maximum Gasteiger partial charge on any atom is 0.248 e. The lowest BCUT2D eigenvalue weighted by atomic mass is 10.4. The zero-order valence-corrected chi connectivity index (χ0v) is 11.6. The summed E-state index contributed by atoms with van der Waals surface area (Å²) in [5.41, 5.74) is 0.671. The highest BCUT2D eigenvalue weighted by molar-refractivity contribution is 7.91. The third-order valence-electron chi connectivity index (χ3n) is 2.60. The van der Waals surface area contributed by atoms with E-state index in [1.54, 1.807) is 6.92 Å². The Labute approximate surface area is 111 Å². The molecule has 0 spiro atoms. The molecule has 1 aliphatic heterocycles. The highest BCUT2D eigenvalue weighted by Gasteiger charge is 2.32. The molecule has 5 nitrogen and oxygen atoms in total. The quantitative estimate of drug-likeness (QED) is 0.651. The van der Waals surface area contributed by atoms with Gasteiger partial charge < -0.3 is 5.32 Å². The second-order valence-corrected chi connectivity index (χ2v) is 6.27. The Hall–Kier alpha value is -0.430. The van der Waals surface area contributed by atoms with Gasteiger partial charge in [0, 0.05) is 18.3 Å². The lowest BCUT2D eigenvalue weighted by Gasteiger charge is -2.09. The first kappa shape index (κ1) is 14.6. The Morgan fingerprint density at radius 3 is 2.76 bits per heavy atom. The van der Waals surface area contributed by atoms with Crippen LogP contribution in [0.2, 0.25) is 5.15 Å². The SMILES string of the molecule is Cc1cnc(S(=O)(=O)C2CCNC2)nc1Cl.Cl. The van der Waals surface area contributed by atoms with Crippen LogP contribution in [0.15, 0.2) is 11.4 Å². The van der Waals surface area contributed by atoms with Crippen LogP contribution in [0.1, 0.15) is 12.0 Å². The smallest absolute Gasteiger partial charge is 0.248 e. The van der Waals surface area contributed by atoms with Crippen LogP contribution in [0.25, 0.3) is 0 Å². The van der Waals surface area contributed by atoms with Crippen LogP contribution in [0, 0.1) is 6.92 Å². The Kier molecular flexibility index (Phi) is 4.71. The van der Waals surface area contributed by atoms with Gasteiger partial charge in [0.1, 0.15) is 5.15 Å². The van der Waals surface area contributed by atoms with E-state index >= 15 is 0 Å². The molecule has 1 atom stereocenters. The number of nitrogens with one attached hydrogen (secondary N) is 1. The van der Waals surface area contributed by atoms with Crippen molar-refractivity contribution in [1.29, 1.82) is 0 Å². The first-order chi connectivity index (χ1) is 7.51. The highest BCUT2D eigenvalue weighted by atomic mass is 35.5. The van der Waals surface area contributed by atoms with Crippen LogP contribution in [0.3, 0.4) is 0 Å². The monoisotopic (exact) mass is 297 g/mol. The lowest BCUT2D eigenvalue weighted by Crippen LogP contribution is -2.25. The minimum absolute atomic E-state index is 0. The van der Waals surface area contributed by atoms with Crippen molar-refractivity contribution < 1.29 is 8.42 Å². The Morgan fingerprint density at radius 1 is 1.53 bits per heavy atom. The predicted molar refractivity (Wildman–Crippen MR) is 67.5 cm³/mol. The van der Waals surface area contributed by atoms with Crippen LogP contribution in [0.4, 0.5) is 0 Å². The second-order valence-electron chi connectivity index (χ2n) is 3.79. The lowest BCUT2D eigenvalue weighted by molar-refractivity contribution is 0.573. The summed E-state index contributed by atoms with van der Waals surface area (Å²) in [6, 6.07) is 0. The summed E-state index contributed by atoms with van der Waals surface area (Å²) < 4.78 is 24.1. The summed E-state index contributed by atoms with van der Waals surface area (Å²) in [5.74, 6) is 0. The molecular formula is C9H13Cl2N3O2S. The van der Waals surface area contributed by atoms with E-state index in [9.17, 15) is 8.42 Å². The molecule has 0 saturated carbocycles. The molecule has 17 heavy (non-hydrogen) atoms. The maximum absolute atomic E-state index is 12.1. The molecule has 2 rings (SSSR count). The zero-order valence-electron chi connectivity index (χ0n) is 9.18.